The number of rotatable bonds is 7. The molecular weight excluding hydrogens is 520 g/mol. The molecule has 0 saturated heterocycles. The predicted octanol–water partition coefficient (Wildman–Crippen LogP) is 5.80. The van der Waals surface area contributed by atoms with Crippen LogP contribution < -0.4 is 15.6 Å². The summed E-state index contributed by atoms with van der Waals surface area (Å²) < 4.78 is 37.3. The van der Waals surface area contributed by atoms with E-state index in [1.54, 1.807) is 20.8 Å². The van der Waals surface area contributed by atoms with Gasteiger partial charge in [-0.05, 0) is 70.2 Å². The van der Waals surface area contributed by atoms with Crippen LogP contribution in [-0.2, 0) is 9.53 Å². The molecule has 0 spiro atoms. The molecule has 0 aliphatic heterocycles. The normalized spacial score (nSPS) is 12.0. The zero-order chi connectivity index (χ0) is 28.2. The van der Waals surface area contributed by atoms with Crippen molar-refractivity contribution in [3.8, 4) is 22.9 Å². The number of carbonyl (C=O) groups excluding carboxylic acids is 2. The number of esters is 1. The number of nitriles is 1. The second kappa shape index (κ2) is 11.4. The number of aromatic nitrogens is 1. The molecule has 3 rings (SSSR count). The number of carbonyl (C=O) groups is 2. The minimum Gasteiger partial charge on any atom is -0.456 e. The molecule has 1 heterocycles. The van der Waals surface area contributed by atoms with Gasteiger partial charge in [-0.2, -0.15) is 14.0 Å². The van der Waals surface area contributed by atoms with E-state index in [4.69, 9.17) is 16.3 Å². The van der Waals surface area contributed by atoms with Gasteiger partial charge in [-0.15, -0.1) is 0 Å². The quantitative estimate of drug-likeness (QED) is 0.377. The third-order valence-electron chi connectivity index (χ3n) is 5.24. The van der Waals surface area contributed by atoms with Gasteiger partial charge in [0.15, 0.2) is 0 Å². The fourth-order valence-electron chi connectivity index (χ4n) is 3.47. The summed E-state index contributed by atoms with van der Waals surface area (Å²) in [4.78, 5) is 38.0. The maximum Gasteiger partial charge on any atom is 0.387 e. The smallest absolute Gasteiger partial charge is 0.387 e. The number of hydrogen-bond acceptors (Lipinski definition) is 6. The van der Waals surface area contributed by atoms with E-state index in [9.17, 15) is 28.4 Å². The van der Waals surface area contributed by atoms with E-state index >= 15 is 0 Å². The third-order valence-corrected chi connectivity index (χ3v) is 5.47. The summed E-state index contributed by atoms with van der Waals surface area (Å²) >= 11 is 6.02. The van der Waals surface area contributed by atoms with Gasteiger partial charge >= 0.3 is 12.6 Å². The molecule has 1 unspecified atom stereocenters. The molecule has 1 amide bonds. The third kappa shape index (κ3) is 6.95. The Bertz CT molecular complexity index is 1460. The number of benzene rings is 2. The van der Waals surface area contributed by atoms with E-state index in [-0.39, 0.29) is 27.3 Å². The highest BCUT2D eigenvalue weighted by Crippen LogP contribution is 2.34. The Morgan fingerprint density at radius 2 is 1.74 bits per heavy atom. The number of pyridine rings is 1. The Morgan fingerprint density at radius 1 is 1.08 bits per heavy atom. The molecule has 1 N–H and O–H groups in total. The minimum absolute atomic E-state index is 0.0732. The van der Waals surface area contributed by atoms with Crippen LogP contribution in [-0.4, -0.2) is 28.7 Å². The maximum absolute atomic E-state index is 13.2. The highest BCUT2D eigenvalue weighted by Gasteiger charge is 2.23. The lowest BCUT2D eigenvalue weighted by atomic mass is 10.0. The van der Waals surface area contributed by atoms with Crippen molar-refractivity contribution in [1.29, 1.82) is 5.26 Å². The van der Waals surface area contributed by atoms with Gasteiger partial charge in [-0.25, -0.2) is 4.79 Å². The molecular formula is C27H24ClF2N3O5. The van der Waals surface area contributed by atoms with Crippen LogP contribution in [0.2, 0.25) is 5.02 Å². The van der Waals surface area contributed by atoms with E-state index < -0.39 is 41.4 Å². The Kier molecular flexibility index (Phi) is 8.53. The predicted molar refractivity (Wildman–Crippen MR) is 137 cm³/mol. The molecule has 8 nitrogen and oxygen atoms in total. The summed E-state index contributed by atoms with van der Waals surface area (Å²) in [5, 5.41) is 12.3. The van der Waals surface area contributed by atoms with E-state index in [0.717, 1.165) is 16.8 Å². The molecule has 3 aromatic rings. The summed E-state index contributed by atoms with van der Waals surface area (Å²) in [6.45, 7) is 3.38. The van der Waals surface area contributed by atoms with Gasteiger partial charge < -0.3 is 14.8 Å². The van der Waals surface area contributed by atoms with Gasteiger partial charge in [-0.1, -0.05) is 11.6 Å². The summed E-state index contributed by atoms with van der Waals surface area (Å²) in [5.41, 5.74) is -0.611. The van der Waals surface area contributed by atoms with Crippen molar-refractivity contribution >= 4 is 29.2 Å². The number of ether oxygens (including phenoxy) is 2. The van der Waals surface area contributed by atoms with Gasteiger partial charge in [0.2, 0.25) is 5.91 Å². The van der Waals surface area contributed by atoms with Gasteiger partial charge in [-0.3, -0.25) is 14.2 Å². The number of nitrogens with one attached hydrogen (secondary N) is 1. The van der Waals surface area contributed by atoms with Crippen LogP contribution in [0.1, 0.15) is 49.7 Å². The second-order valence-corrected chi connectivity index (χ2v) is 9.66. The summed E-state index contributed by atoms with van der Waals surface area (Å²) in [5.74, 6) is -1.57. The van der Waals surface area contributed by atoms with Gasteiger partial charge in [0.05, 0.1) is 23.4 Å². The van der Waals surface area contributed by atoms with Crippen molar-refractivity contribution in [2.45, 2.75) is 45.9 Å². The standard InChI is InChI=1S/C27H24ClF2N3O5/c1-15(24(35)32-19-9-6-16(7-10-19)25(36)38-27(2,3)4)33-14-22(37-26(29)30)21(12-23(33)34)20-11-18(28)8-5-17(20)13-31/h5-12,14-15,26H,1-4H3,(H,32,35). The molecule has 198 valence electrons. The lowest BCUT2D eigenvalue weighted by Crippen LogP contribution is -2.31. The Morgan fingerprint density at radius 3 is 2.32 bits per heavy atom. The topological polar surface area (TPSA) is 110 Å². The SMILES string of the molecule is CC(C(=O)Nc1ccc(C(=O)OC(C)(C)C)cc1)n1cc(OC(F)F)c(-c2cc(Cl)ccc2C#N)cc1=O. The average Bonchev–Trinajstić information content (AvgIpc) is 2.83. The lowest BCUT2D eigenvalue weighted by molar-refractivity contribution is -0.118. The van der Waals surface area contributed by atoms with Crippen molar-refractivity contribution in [3.05, 3.63) is 81.2 Å². The monoisotopic (exact) mass is 543 g/mol. The Balaban J connectivity index is 1.90. The fourth-order valence-corrected chi connectivity index (χ4v) is 3.64. The van der Waals surface area contributed by atoms with Gasteiger partial charge in [0.1, 0.15) is 17.4 Å². The first-order chi connectivity index (χ1) is 17.8. The molecule has 0 aliphatic carbocycles. The van der Waals surface area contributed by atoms with Crippen molar-refractivity contribution in [2.24, 2.45) is 0 Å². The van der Waals surface area contributed by atoms with Crippen molar-refractivity contribution in [3.63, 3.8) is 0 Å². The molecule has 2 aromatic carbocycles. The Labute approximate surface area is 222 Å². The molecule has 38 heavy (non-hydrogen) atoms. The van der Waals surface area contributed by atoms with Crippen LogP contribution in [0, 0.1) is 11.3 Å². The minimum atomic E-state index is -3.24. The van der Waals surface area contributed by atoms with E-state index in [0.29, 0.717) is 5.69 Å². The molecule has 0 saturated carbocycles. The summed E-state index contributed by atoms with van der Waals surface area (Å²) in [6, 6.07) is 11.9. The van der Waals surface area contributed by atoms with Crippen molar-refractivity contribution in [1.82, 2.24) is 4.57 Å². The van der Waals surface area contributed by atoms with Gasteiger partial charge in [0, 0.05) is 27.9 Å². The number of halogens is 3. The van der Waals surface area contributed by atoms with Crippen LogP contribution in [0.25, 0.3) is 11.1 Å². The molecule has 11 heteroatoms. The van der Waals surface area contributed by atoms with Crippen LogP contribution in [0.3, 0.4) is 0 Å². The molecule has 0 radical (unpaired) electrons. The van der Waals surface area contributed by atoms with Crippen LogP contribution in [0.4, 0.5) is 14.5 Å². The molecule has 1 atom stereocenters. The lowest BCUT2D eigenvalue weighted by Gasteiger charge is -2.20. The highest BCUT2D eigenvalue weighted by atomic mass is 35.5. The first-order valence-electron chi connectivity index (χ1n) is 11.3. The number of amides is 1. The molecule has 0 aliphatic rings. The maximum atomic E-state index is 13.2. The molecule has 1 aromatic heterocycles. The zero-order valence-corrected chi connectivity index (χ0v) is 21.7. The highest BCUT2D eigenvalue weighted by molar-refractivity contribution is 6.31. The fraction of sp³-hybridized carbons (Fsp3) is 0.259. The molecule has 0 fully saturated rings. The summed E-state index contributed by atoms with van der Waals surface area (Å²) in [6.07, 6.45) is 0.988. The van der Waals surface area contributed by atoms with Crippen molar-refractivity contribution in [2.75, 3.05) is 5.32 Å². The summed E-state index contributed by atoms with van der Waals surface area (Å²) in [7, 11) is 0. The largest absolute Gasteiger partial charge is 0.456 e. The van der Waals surface area contributed by atoms with E-state index in [2.05, 4.69) is 10.1 Å². The van der Waals surface area contributed by atoms with Crippen LogP contribution in [0.5, 0.6) is 5.75 Å². The zero-order valence-electron chi connectivity index (χ0n) is 20.9. The first-order valence-corrected chi connectivity index (χ1v) is 11.7. The first kappa shape index (κ1) is 28.3. The van der Waals surface area contributed by atoms with Crippen LogP contribution in [0.15, 0.2) is 59.5 Å². The average molecular weight is 544 g/mol. The van der Waals surface area contributed by atoms with Crippen LogP contribution >= 0.6 is 11.6 Å². The van der Waals surface area contributed by atoms with Gasteiger partial charge in [0.25, 0.3) is 5.56 Å². The van der Waals surface area contributed by atoms with E-state index in [1.165, 1.54) is 49.4 Å². The Hall–Kier alpha value is -4.23. The molecule has 0 bridgehead atoms. The van der Waals surface area contributed by atoms with Crippen molar-refractivity contribution < 1.29 is 27.8 Å². The number of anilines is 1. The van der Waals surface area contributed by atoms with E-state index in [1.807, 2.05) is 6.07 Å². The number of nitrogens with zero attached hydrogens (tertiary/aromatic N) is 2. The number of hydrogen-bond donors (Lipinski definition) is 1. The second-order valence-electron chi connectivity index (χ2n) is 9.22. The number of alkyl halides is 2.